The maximum Gasteiger partial charge on any atom is 0.224 e. The van der Waals surface area contributed by atoms with E-state index in [-0.39, 0.29) is 6.10 Å². The molecular formula is C21H20ClN5O. The number of ether oxygens (including phenoxy) is 1. The van der Waals surface area contributed by atoms with Crippen molar-refractivity contribution in [1.29, 1.82) is 0 Å². The van der Waals surface area contributed by atoms with Crippen LogP contribution in [0.1, 0.15) is 12.8 Å². The van der Waals surface area contributed by atoms with Gasteiger partial charge in [-0.15, -0.1) is 0 Å². The number of benzene rings is 1. The van der Waals surface area contributed by atoms with E-state index in [1.165, 1.54) is 0 Å². The van der Waals surface area contributed by atoms with Crippen LogP contribution in [0.25, 0.3) is 33.1 Å². The van der Waals surface area contributed by atoms with E-state index in [1.807, 2.05) is 18.3 Å². The molecule has 0 aliphatic carbocycles. The molecule has 28 heavy (non-hydrogen) atoms. The Morgan fingerprint density at radius 2 is 1.96 bits per heavy atom. The van der Waals surface area contributed by atoms with Gasteiger partial charge in [-0.1, -0.05) is 17.7 Å². The van der Waals surface area contributed by atoms with E-state index in [1.54, 1.807) is 12.5 Å². The third-order valence-corrected chi connectivity index (χ3v) is 5.56. The van der Waals surface area contributed by atoms with Crippen LogP contribution in [0.15, 0.2) is 43.0 Å². The van der Waals surface area contributed by atoms with Crippen LogP contribution in [0, 0.1) is 0 Å². The lowest BCUT2D eigenvalue weighted by molar-refractivity contribution is 0.111. The third kappa shape index (κ3) is 3.19. The molecule has 0 spiro atoms. The summed E-state index contributed by atoms with van der Waals surface area (Å²) in [5, 5.41) is 2.52. The molecule has 3 aromatic heterocycles. The molecule has 1 aliphatic heterocycles. The summed E-state index contributed by atoms with van der Waals surface area (Å²) in [5.41, 5.74) is 3.77. The number of aromatic nitrogens is 4. The Balaban J connectivity index is 1.55. The summed E-state index contributed by atoms with van der Waals surface area (Å²) in [4.78, 5) is 18.7. The van der Waals surface area contributed by atoms with Crippen LogP contribution in [-0.4, -0.2) is 51.1 Å². The number of hydrogen-bond acceptors (Lipinski definition) is 5. The van der Waals surface area contributed by atoms with Gasteiger partial charge in [0.25, 0.3) is 0 Å². The molecule has 1 aliphatic rings. The maximum atomic E-state index is 6.28. The van der Waals surface area contributed by atoms with Gasteiger partial charge in [-0.3, -0.25) is 0 Å². The second kappa shape index (κ2) is 7.04. The van der Waals surface area contributed by atoms with E-state index in [0.717, 1.165) is 59.0 Å². The molecule has 142 valence electrons. The van der Waals surface area contributed by atoms with Crippen LogP contribution >= 0.6 is 11.6 Å². The number of pyridine rings is 1. The minimum Gasteiger partial charge on any atom is -0.474 e. The van der Waals surface area contributed by atoms with Crippen molar-refractivity contribution in [2.24, 2.45) is 0 Å². The van der Waals surface area contributed by atoms with Gasteiger partial charge >= 0.3 is 0 Å². The number of rotatable bonds is 3. The summed E-state index contributed by atoms with van der Waals surface area (Å²) in [7, 11) is 2.14. The number of aromatic amines is 1. The molecular weight excluding hydrogens is 374 g/mol. The van der Waals surface area contributed by atoms with E-state index in [0.29, 0.717) is 10.9 Å². The first-order chi connectivity index (χ1) is 13.7. The fourth-order valence-electron chi connectivity index (χ4n) is 3.77. The molecule has 4 aromatic rings. The number of H-pyrrole nitrogens is 1. The molecule has 1 saturated heterocycles. The zero-order valence-corrected chi connectivity index (χ0v) is 16.3. The zero-order chi connectivity index (χ0) is 19.1. The highest BCUT2D eigenvalue weighted by Crippen LogP contribution is 2.33. The van der Waals surface area contributed by atoms with Crippen LogP contribution in [-0.2, 0) is 0 Å². The number of halogens is 1. The van der Waals surface area contributed by atoms with Gasteiger partial charge in [0.1, 0.15) is 18.1 Å². The molecule has 7 heteroatoms. The summed E-state index contributed by atoms with van der Waals surface area (Å²) in [6.07, 6.45) is 7.38. The number of nitrogens with one attached hydrogen (secondary N) is 1. The molecule has 1 fully saturated rings. The lowest BCUT2D eigenvalue weighted by Gasteiger charge is -2.29. The topological polar surface area (TPSA) is 66.9 Å². The minimum atomic E-state index is 0.189. The Hall–Kier alpha value is -2.70. The molecule has 0 bridgehead atoms. The van der Waals surface area contributed by atoms with E-state index in [4.69, 9.17) is 16.3 Å². The zero-order valence-electron chi connectivity index (χ0n) is 15.5. The Bertz CT molecular complexity index is 1150. The largest absolute Gasteiger partial charge is 0.474 e. The molecule has 5 rings (SSSR count). The SMILES string of the molecule is CN1CCC(Oc2ncnc3ccc(-c4c[nH]c5ncc(Cl)cc45)cc23)CC1. The fourth-order valence-corrected chi connectivity index (χ4v) is 3.93. The van der Waals surface area contributed by atoms with Crippen LogP contribution < -0.4 is 4.74 Å². The number of fused-ring (bicyclic) bond motifs is 2. The first kappa shape index (κ1) is 17.4. The maximum absolute atomic E-state index is 6.28. The number of piperidine rings is 1. The molecule has 0 unspecified atom stereocenters. The lowest BCUT2D eigenvalue weighted by atomic mass is 10.0. The van der Waals surface area contributed by atoms with Crippen molar-refractivity contribution in [3.05, 3.63) is 48.0 Å². The van der Waals surface area contributed by atoms with Crippen LogP contribution in [0.5, 0.6) is 5.88 Å². The molecule has 0 radical (unpaired) electrons. The number of nitrogens with zero attached hydrogens (tertiary/aromatic N) is 4. The van der Waals surface area contributed by atoms with Gasteiger partial charge in [-0.25, -0.2) is 15.0 Å². The Labute approximate surface area is 167 Å². The molecule has 1 N–H and O–H groups in total. The van der Waals surface area contributed by atoms with Crippen LogP contribution in [0.3, 0.4) is 0 Å². The van der Waals surface area contributed by atoms with Gasteiger partial charge in [0.2, 0.25) is 5.88 Å². The molecule has 6 nitrogen and oxygen atoms in total. The number of hydrogen-bond donors (Lipinski definition) is 1. The van der Waals surface area contributed by atoms with Crippen LogP contribution in [0.4, 0.5) is 0 Å². The van der Waals surface area contributed by atoms with Crippen molar-refractivity contribution < 1.29 is 4.74 Å². The highest BCUT2D eigenvalue weighted by molar-refractivity contribution is 6.31. The van der Waals surface area contributed by atoms with E-state index in [9.17, 15) is 0 Å². The predicted molar refractivity (Wildman–Crippen MR) is 111 cm³/mol. The first-order valence-corrected chi connectivity index (χ1v) is 9.78. The smallest absolute Gasteiger partial charge is 0.224 e. The average molecular weight is 394 g/mol. The van der Waals surface area contributed by atoms with Crippen molar-refractivity contribution in [1.82, 2.24) is 24.8 Å². The normalized spacial score (nSPS) is 16.1. The summed E-state index contributed by atoms with van der Waals surface area (Å²) in [5.74, 6) is 0.650. The van der Waals surface area contributed by atoms with Gasteiger partial charge in [0, 0.05) is 36.4 Å². The molecule has 0 saturated carbocycles. The molecule has 4 heterocycles. The quantitative estimate of drug-likeness (QED) is 0.562. The van der Waals surface area contributed by atoms with Gasteiger partial charge in [-0.05, 0) is 43.7 Å². The minimum absolute atomic E-state index is 0.189. The summed E-state index contributed by atoms with van der Waals surface area (Å²) < 4.78 is 6.28. The molecule has 0 amide bonds. The predicted octanol–water partition coefficient (Wildman–Crippen LogP) is 4.30. The van der Waals surface area contributed by atoms with E-state index >= 15 is 0 Å². The van der Waals surface area contributed by atoms with Crippen molar-refractivity contribution in [3.8, 4) is 17.0 Å². The van der Waals surface area contributed by atoms with Gasteiger partial charge in [0.15, 0.2) is 0 Å². The van der Waals surface area contributed by atoms with Gasteiger partial charge in [-0.2, -0.15) is 0 Å². The Morgan fingerprint density at radius 1 is 1.11 bits per heavy atom. The van der Waals surface area contributed by atoms with Gasteiger partial charge in [0.05, 0.1) is 15.9 Å². The monoisotopic (exact) mass is 393 g/mol. The summed E-state index contributed by atoms with van der Waals surface area (Å²) in [6, 6.07) is 8.07. The summed E-state index contributed by atoms with van der Waals surface area (Å²) in [6.45, 7) is 2.09. The first-order valence-electron chi connectivity index (χ1n) is 9.40. The second-order valence-electron chi connectivity index (χ2n) is 7.28. The Morgan fingerprint density at radius 3 is 2.82 bits per heavy atom. The van der Waals surface area contributed by atoms with Crippen molar-refractivity contribution >= 4 is 33.5 Å². The van der Waals surface area contributed by atoms with Gasteiger partial charge < -0.3 is 14.6 Å². The fraction of sp³-hybridized carbons (Fsp3) is 0.286. The lowest BCUT2D eigenvalue weighted by Crippen LogP contribution is -2.35. The second-order valence-corrected chi connectivity index (χ2v) is 7.72. The third-order valence-electron chi connectivity index (χ3n) is 5.35. The van der Waals surface area contributed by atoms with E-state index in [2.05, 4.69) is 44.0 Å². The highest BCUT2D eigenvalue weighted by atomic mass is 35.5. The van der Waals surface area contributed by atoms with Crippen LogP contribution in [0.2, 0.25) is 5.02 Å². The molecule has 0 atom stereocenters. The van der Waals surface area contributed by atoms with Crippen molar-refractivity contribution in [3.63, 3.8) is 0 Å². The standard InChI is InChI=1S/C21H20ClN5O/c1-27-6-4-15(5-7-27)28-21-17-8-13(2-3-19(17)25-12-26-21)18-11-24-20-16(18)9-14(22)10-23-20/h2-3,8-12,15H,4-7H2,1H3,(H,23,24). The summed E-state index contributed by atoms with van der Waals surface area (Å²) >= 11 is 6.15. The van der Waals surface area contributed by atoms with E-state index < -0.39 is 0 Å². The van der Waals surface area contributed by atoms with Crippen molar-refractivity contribution in [2.75, 3.05) is 20.1 Å². The van der Waals surface area contributed by atoms with Crippen molar-refractivity contribution in [2.45, 2.75) is 18.9 Å². The molecule has 1 aromatic carbocycles. The average Bonchev–Trinajstić information content (AvgIpc) is 3.13. The Kier molecular flexibility index (Phi) is 4.37. The highest BCUT2D eigenvalue weighted by Gasteiger charge is 2.20. The number of likely N-dealkylation sites (tertiary alicyclic amines) is 1.